The number of carbonyl (C=O) groups is 2. The molecular formula is C23H32F6N2O7. The third-order valence-electron chi connectivity index (χ3n) is 6.09. The molecule has 218 valence electrons. The van der Waals surface area contributed by atoms with E-state index in [0.717, 1.165) is 63.8 Å². The van der Waals surface area contributed by atoms with Crippen molar-refractivity contribution in [1.82, 2.24) is 9.80 Å². The molecule has 3 aliphatic rings. The number of carboxylic acids is 2. The maximum atomic E-state index is 10.6. The number of hydrogen-bond donors (Lipinski definition) is 2. The molecule has 4 heterocycles. The molecule has 1 aromatic heterocycles. The lowest BCUT2D eigenvalue weighted by Crippen LogP contribution is -2.45. The van der Waals surface area contributed by atoms with E-state index >= 15 is 0 Å². The van der Waals surface area contributed by atoms with E-state index in [1.165, 1.54) is 25.9 Å². The Bertz CT molecular complexity index is 878. The van der Waals surface area contributed by atoms with Crippen molar-refractivity contribution in [2.24, 2.45) is 0 Å². The quantitative estimate of drug-likeness (QED) is 0.531. The normalized spacial score (nSPS) is 24.8. The Balaban J connectivity index is 0.000000301. The Morgan fingerprint density at radius 3 is 2.08 bits per heavy atom. The van der Waals surface area contributed by atoms with Crippen LogP contribution < -0.4 is 0 Å². The van der Waals surface area contributed by atoms with E-state index in [9.17, 15) is 26.3 Å². The summed E-state index contributed by atoms with van der Waals surface area (Å²) in [7, 11) is 0. The van der Waals surface area contributed by atoms with Gasteiger partial charge in [0, 0.05) is 19.6 Å². The van der Waals surface area contributed by atoms with E-state index in [2.05, 4.69) is 15.9 Å². The summed E-state index contributed by atoms with van der Waals surface area (Å²) in [6.45, 7) is 9.84. The molecule has 2 N–H and O–H groups in total. The van der Waals surface area contributed by atoms with Crippen LogP contribution >= 0.6 is 0 Å². The first-order valence-electron chi connectivity index (χ1n) is 12.0. The Morgan fingerprint density at radius 1 is 1.00 bits per heavy atom. The fourth-order valence-corrected chi connectivity index (χ4v) is 4.41. The minimum atomic E-state index is -5.08. The zero-order valence-electron chi connectivity index (χ0n) is 20.8. The first kappa shape index (κ1) is 31.9. The molecule has 3 aliphatic heterocycles. The summed E-state index contributed by atoms with van der Waals surface area (Å²) in [5.74, 6) is -3.50. The number of halogens is 6. The van der Waals surface area contributed by atoms with Gasteiger partial charge in [-0.15, -0.1) is 0 Å². The van der Waals surface area contributed by atoms with Crippen molar-refractivity contribution in [2.45, 2.75) is 63.2 Å². The van der Waals surface area contributed by atoms with Crippen LogP contribution in [0.15, 0.2) is 16.5 Å². The van der Waals surface area contributed by atoms with E-state index in [4.69, 9.17) is 33.7 Å². The molecular weight excluding hydrogens is 530 g/mol. The second-order valence-corrected chi connectivity index (χ2v) is 9.35. The number of likely N-dealkylation sites (tertiary alicyclic amines) is 1. The van der Waals surface area contributed by atoms with Crippen molar-refractivity contribution in [3.8, 4) is 0 Å². The fraction of sp³-hybridized carbons (Fsp3) is 0.739. The Hall–Kier alpha value is -2.36. The summed E-state index contributed by atoms with van der Waals surface area (Å²) in [6, 6.07) is 4.12. The lowest BCUT2D eigenvalue weighted by atomic mass is 10.00. The number of nitrogens with zero attached hydrogens (tertiary/aromatic N) is 2. The fourth-order valence-electron chi connectivity index (χ4n) is 4.41. The van der Waals surface area contributed by atoms with Gasteiger partial charge in [0.15, 0.2) is 0 Å². The van der Waals surface area contributed by atoms with Crippen LogP contribution in [0.3, 0.4) is 0 Å². The number of aliphatic carboxylic acids is 2. The van der Waals surface area contributed by atoms with Crippen molar-refractivity contribution in [1.29, 1.82) is 0 Å². The van der Waals surface area contributed by atoms with Gasteiger partial charge in [-0.1, -0.05) is 0 Å². The number of carboxylic acid groups (broad SMARTS) is 2. The molecule has 3 saturated heterocycles. The molecule has 0 aliphatic carbocycles. The second kappa shape index (κ2) is 13.6. The summed E-state index contributed by atoms with van der Waals surface area (Å²) < 4.78 is 81.7. The van der Waals surface area contributed by atoms with Gasteiger partial charge in [0.05, 0.1) is 25.9 Å². The maximum Gasteiger partial charge on any atom is 0.490 e. The van der Waals surface area contributed by atoms with Gasteiger partial charge in [-0.3, -0.25) is 4.90 Å². The van der Waals surface area contributed by atoms with E-state index in [1.54, 1.807) is 0 Å². The third-order valence-corrected chi connectivity index (χ3v) is 6.09. The van der Waals surface area contributed by atoms with Crippen molar-refractivity contribution in [3.05, 3.63) is 23.7 Å². The van der Waals surface area contributed by atoms with Gasteiger partial charge in [-0.05, 0) is 57.8 Å². The second-order valence-electron chi connectivity index (χ2n) is 9.35. The molecule has 2 unspecified atom stereocenters. The van der Waals surface area contributed by atoms with Gasteiger partial charge in [0.1, 0.15) is 17.1 Å². The van der Waals surface area contributed by atoms with Crippen LogP contribution in [0.4, 0.5) is 26.3 Å². The number of aryl methyl sites for hydroxylation is 1. The van der Waals surface area contributed by atoms with E-state index in [1.807, 2.05) is 13.0 Å². The van der Waals surface area contributed by atoms with Crippen LogP contribution in [0.1, 0.15) is 37.2 Å². The van der Waals surface area contributed by atoms with Gasteiger partial charge in [0.25, 0.3) is 0 Å². The van der Waals surface area contributed by atoms with Crippen LogP contribution in [-0.4, -0.2) is 102 Å². The monoisotopic (exact) mass is 562 g/mol. The van der Waals surface area contributed by atoms with Gasteiger partial charge >= 0.3 is 24.3 Å². The number of ether oxygens (including phenoxy) is 2. The van der Waals surface area contributed by atoms with Crippen LogP contribution in [0.2, 0.25) is 0 Å². The minimum Gasteiger partial charge on any atom is -0.475 e. The number of rotatable bonds is 4. The number of hydrogen-bond acceptors (Lipinski definition) is 7. The summed E-state index contributed by atoms with van der Waals surface area (Å²) in [6.07, 6.45) is -4.83. The molecule has 0 saturated carbocycles. The molecule has 1 spiro atoms. The molecule has 1 aromatic rings. The predicted molar refractivity (Wildman–Crippen MR) is 119 cm³/mol. The predicted octanol–water partition coefficient (Wildman–Crippen LogP) is 3.70. The molecule has 2 atom stereocenters. The Kier molecular flexibility index (Phi) is 11.4. The lowest BCUT2D eigenvalue weighted by Gasteiger charge is -2.32. The van der Waals surface area contributed by atoms with Crippen molar-refractivity contribution in [2.75, 3.05) is 45.9 Å². The summed E-state index contributed by atoms with van der Waals surface area (Å²) >= 11 is 0. The highest BCUT2D eigenvalue weighted by molar-refractivity contribution is 5.73. The summed E-state index contributed by atoms with van der Waals surface area (Å²) in [5.41, 5.74) is -0.122. The number of furan rings is 1. The zero-order chi connectivity index (χ0) is 28.6. The highest BCUT2D eigenvalue weighted by atomic mass is 19.4. The van der Waals surface area contributed by atoms with Crippen molar-refractivity contribution in [3.63, 3.8) is 0 Å². The molecule has 4 rings (SSSR count). The van der Waals surface area contributed by atoms with Gasteiger partial charge in [0.2, 0.25) is 0 Å². The van der Waals surface area contributed by atoms with Gasteiger partial charge in [-0.25, -0.2) is 9.59 Å². The minimum absolute atomic E-state index is 0.122. The molecule has 15 heteroatoms. The molecule has 0 bridgehead atoms. The molecule has 0 aromatic carbocycles. The van der Waals surface area contributed by atoms with Crippen molar-refractivity contribution < 1.29 is 60.0 Å². The van der Waals surface area contributed by atoms with Gasteiger partial charge in [-0.2, -0.15) is 26.3 Å². The largest absolute Gasteiger partial charge is 0.490 e. The summed E-state index contributed by atoms with van der Waals surface area (Å²) in [4.78, 5) is 22.8. The standard InChI is InChI=1S/C19H30N2O3.2C2HF3O2/c1-16-4-5-17(23-16)12-21-10-11-22-15-19(14-21)7-6-18(24-19)13-20-8-2-3-9-20;2*3-2(4,5)1(6)7/h4-5,18H,2-3,6-15H2,1H3;2*(H,6,7). The average Bonchev–Trinajstić information content (AvgIpc) is 3.51. The molecule has 0 amide bonds. The van der Waals surface area contributed by atoms with Crippen LogP contribution in [-0.2, 0) is 25.6 Å². The average molecular weight is 563 g/mol. The van der Waals surface area contributed by atoms with Crippen LogP contribution in [0.25, 0.3) is 0 Å². The van der Waals surface area contributed by atoms with Crippen LogP contribution in [0, 0.1) is 6.92 Å². The smallest absolute Gasteiger partial charge is 0.475 e. The van der Waals surface area contributed by atoms with Crippen molar-refractivity contribution >= 4 is 11.9 Å². The zero-order valence-corrected chi connectivity index (χ0v) is 20.8. The first-order chi connectivity index (χ1) is 17.6. The van der Waals surface area contributed by atoms with E-state index in [0.29, 0.717) is 6.10 Å². The van der Waals surface area contributed by atoms with E-state index < -0.39 is 24.3 Å². The summed E-state index contributed by atoms with van der Waals surface area (Å²) in [5, 5.41) is 14.2. The highest BCUT2D eigenvalue weighted by Gasteiger charge is 2.43. The topological polar surface area (TPSA) is 113 Å². The molecule has 3 fully saturated rings. The first-order valence-corrected chi connectivity index (χ1v) is 12.0. The molecule has 38 heavy (non-hydrogen) atoms. The molecule has 9 nitrogen and oxygen atoms in total. The molecule has 0 radical (unpaired) electrons. The Morgan fingerprint density at radius 2 is 1.58 bits per heavy atom. The SMILES string of the molecule is Cc1ccc(CN2CCOCC3(CCC(CN4CCCC4)O3)C2)o1.O=C(O)C(F)(F)F.O=C(O)C(F)(F)F. The number of alkyl halides is 6. The Labute approximate surface area is 215 Å². The van der Waals surface area contributed by atoms with E-state index in [-0.39, 0.29) is 5.60 Å². The van der Waals surface area contributed by atoms with Crippen LogP contribution in [0.5, 0.6) is 0 Å². The highest BCUT2D eigenvalue weighted by Crippen LogP contribution is 2.34. The third kappa shape index (κ3) is 10.8. The maximum absolute atomic E-state index is 10.6. The van der Waals surface area contributed by atoms with Gasteiger partial charge < -0.3 is 29.0 Å². The lowest BCUT2D eigenvalue weighted by molar-refractivity contribution is -0.193.